The molecule has 2 N–H and O–H groups in total. The van der Waals surface area contributed by atoms with Crippen LogP contribution in [0.25, 0.3) is 11.3 Å². The van der Waals surface area contributed by atoms with Crippen LogP contribution in [0.4, 0.5) is 23.7 Å². The number of esters is 1. The average molecular weight is 770 g/mol. The van der Waals surface area contributed by atoms with Crippen LogP contribution in [0.1, 0.15) is 34.5 Å². The first-order chi connectivity index (χ1) is 24.8. The first-order valence-electron chi connectivity index (χ1n) is 15.9. The molecule has 2 heterocycles. The summed E-state index contributed by atoms with van der Waals surface area (Å²) in [6.45, 7) is 0.435. The molecule has 53 heavy (non-hydrogen) atoms. The quantitative estimate of drug-likeness (QED) is 0.147. The summed E-state index contributed by atoms with van der Waals surface area (Å²) in [6.07, 6.45) is 1.66. The van der Waals surface area contributed by atoms with Gasteiger partial charge in [-0.1, -0.05) is 30.2 Å². The highest BCUT2D eigenvalue weighted by Gasteiger charge is 2.49. The number of nitrogens with one attached hydrogen (secondary N) is 1. The van der Waals surface area contributed by atoms with Crippen molar-refractivity contribution in [3.05, 3.63) is 105 Å². The zero-order valence-corrected chi connectivity index (χ0v) is 30.4. The molecule has 0 aliphatic carbocycles. The number of aliphatic imine (C=N–C) groups is 1. The molecule has 0 radical (unpaired) electrons. The van der Waals surface area contributed by atoms with Crippen LogP contribution in [-0.4, -0.2) is 84.7 Å². The summed E-state index contributed by atoms with van der Waals surface area (Å²) in [7, 11) is 3.35. The van der Waals surface area contributed by atoms with Crippen LogP contribution in [0.5, 0.6) is 0 Å². The molecule has 0 saturated carbocycles. The average Bonchev–Trinajstić information content (AvgIpc) is 3.79. The van der Waals surface area contributed by atoms with Gasteiger partial charge in [0.25, 0.3) is 0 Å². The van der Waals surface area contributed by atoms with Crippen molar-refractivity contribution in [2.45, 2.75) is 25.0 Å². The summed E-state index contributed by atoms with van der Waals surface area (Å²) < 4.78 is 54.8. The van der Waals surface area contributed by atoms with E-state index in [0.29, 0.717) is 16.3 Å². The number of anilines is 1. The molecule has 1 aromatic heterocycles. The van der Waals surface area contributed by atoms with E-state index in [1.54, 1.807) is 55.6 Å². The number of thiazole rings is 1. The van der Waals surface area contributed by atoms with Gasteiger partial charge in [0.05, 0.1) is 34.6 Å². The Balaban J connectivity index is 0.00000627. The van der Waals surface area contributed by atoms with Crippen LogP contribution in [0.3, 0.4) is 0 Å². The van der Waals surface area contributed by atoms with Crippen LogP contribution in [0.2, 0.25) is 0 Å². The van der Waals surface area contributed by atoms with Crippen LogP contribution >= 0.6 is 11.3 Å². The number of aliphatic hydroxyl groups is 1. The van der Waals surface area contributed by atoms with Gasteiger partial charge in [-0.15, -0.1) is 15.9 Å². The number of carbonyl (C=O) groups excluding carboxylic acids is 2. The maximum atomic E-state index is 15.5. The standard InChI is InChI=1S/C36H34F3N7O5S.ClH/c1-23(34-43-32(19-52-34)25-9-7-24(16-40)8-10-25)36(49,28-15-26(37)11-12-30(28)39)20-46(22-41-21-42-46)13-14-50-35(48)44-31-6-4-5-29(38)27(31)18-51-33(47)17-45(2)3;/h4-12,15,19,21-23,49H,13-14,17-18,20H2,1-3H3;1H/t23-,36+,46?;/m0./s1. The molecule has 3 aromatic carbocycles. The first kappa shape index (κ1) is 40.6. The van der Waals surface area contributed by atoms with E-state index in [0.717, 1.165) is 29.8 Å². The second kappa shape index (κ2) is 17.6. The number of rotatable bonds is 14. The number of quaternary nitrogens is 1. The number of hydrogen-bond donors (Lipinski definition) is 2. The molecule has 1 unspecified atom stereocenters. The van der Waals surface area contributed by atoms with Crippen molar-refractivity contribution in [3.8, 4) is 17.3 Å². The third-order valence-corrected chi connectivity index (χ3v) is 9.38. The van der Waals surface area contributed by atoms with E-state index in [1.165, 1.54) is 36.1 Å². The molecule has 5 rings (SSSR count). The third-order valence-electron chi connectivity index (χ3n) is 8.35. The number of likely N-dealkylation sites (N-methyl/N-ethyl adjacent to an activating group) is 1. The summed E-state index contributed by atoms with van der Waals surface area (Å²) in [4.78, 5) is 35.2. The molecule has 0 spiro atoms. The number of nitrogens with zero attached hydrogens (tertiary/aromatic N) is 6. The van der Waals surface area contributed by atoms with Gasteiger partial charge in [-0.25, -0.2) is 22.9 Å². The highest BCUT2D eigenvalue weighted by molar-refractivity contribution is 7.10. The van der Waals surface area contributed by atoms with E-state index in [9.17, 15) is 23.5 Å². The number of benzene rings is 3. The number of aromatic nitrogens is 1. The number of hydrogen-bond acceptors (Lipinski definition) is 11. The summed E-state index contributed by atoms with van der Waals surface area (Å²) in [5.41, 5.74) is -0.720. The minimum atomic E-state index is -2.12. The normalized spacial score (nSPS) is 16.4. The summed E-state index contributed by atoms with van der Waals surface area (Å²) >= 11 is 1.22. The second-order valence-corrected chi connectivity index (χ2v) is 13.2. The Labute approximate surface area is 313 Å². The molecule has 1 aliphatic rings. The molecule has 0 saturated heterocycles. The van der Waals surface area contributed by atoms with E-state index in [1.807, 2.05) is 0 Å². The van der Waals surface area contributed by atoms with Gasteiger partial charge in [-0.05, 0) is 56.6 Å². The fourth-order valence-electron chi connectivity index (χ4n) is 5.55. The zero-order chi connectivity index (χ0) is 37.5. The Hall–Kier alpha value is -5.18. The lowest BCUT2D eigenvalue weighted by atomic mass is 9.81. The van der Waals surface area contributed by atoms with Crippen molar-refractivity contribution in [1.29, 1.82) is 5.26 Å². The molecule has 1 amide bonds. The molecule has 17 heteroatoms. The molecule has 12 nitrogen and oxygen atoms in total. The lowest BCUT2D eigenvalue weighted by molar-refractivity contribution is -0.848. The predicted molar refractivity (Wildman–Crippen MR) is 188 cm³/mol. The van der Waals surface area contributed by atoms with E-state index in [-0.39, 0.29) is 55.5 Å². The SMILES string of the molecule is C[C@@H](c1nc(-c2ccc(C#N)cc2)cs1)[C@](O)(C[N+]1(CCOC(=O)Nc2cccc(F)c2COC(=O)CN(C)C)C=NC=N1)c1cc(F)ccc1F.[Cl-]. The lowest BCUT2D eigenvalue weighted by Crippen LogP contribution is -3.00. The Morgan fingerprint density at radius 3 is 2.53 bits per heavy atom. The molecular formula is C36H35ClF3N7O5S. The lowest BCUT2D eigenvalue weighted by Gasteiger charge is -2.38. The van der Waals surface area contributed by atoms with Crippen LogP contribution in [-0.2, 0) is 26.5 Å². The van der Waals surface area contributed by atoms with Crippen molar-refractivity contribution < 1.29 is 54.3 Å². The van der Waals surface area contributed by atoms with E-state index >= 15 is 4.39 Å². The van der Waals surface area contributed by atoms with Gasteiger partial charge in [0.2, 0.25) is 6.34 Å². The second-order valence-electron chi connectivity index (χ2n) is 12.3. The van der Waals surface area contributed by atoms with Gasteiger partial charge in [-0.2, -0.15) is 10.3 Å². The highest BCUT2D eigenvalue weighted by atomic mass is 35.5. The molecule has 3 atom stereocenters. The highest BCUT2D eigenvalue weighted by Crippen LogP contribution is 2.42. The number of nitriles is 1. The molecule has 0 bridgehead atoms. The Morgan fingerprint density at radius 2 is 1.85 bits per heavy atom. The van der Waals surface area contributed by atoms with E-state index < -0.39 is 52.2 Å². The molecule has 4 aromatic rings. The minimum absolute atomic E-state index is 0. The maximum absolute atomic E-state index is 15.5. The largest absolute Gasteiger partial charge is 1.00 e. The predicted octanol–water partition coefficient (Wildman–Crippen LogP) is 2.75. The van der Waals surface area contributed by atoms with Crippen LogP contribution < -0.4 is 17.7 Å². The van der Waals surface area contributed by atoms with E-state index in [4.69, 9.17) is 19.7 Å². The Bertz CT molecular complexity index is 2030. The Morgan fingerprint density at radius 1 is 1.09 bits per heavy atom. The summed E-state index contributed by atoms with van der Waals surface area (Å²) in [6, 6.07) is 15.6. The van der Waals surface area contributed by atoms with Gasteiger partial charge in [-0.3, -0.25) is 15.0 Å². The molecule has 278 valence electrons. The topological polar surface area (TPSA) is 150 Å². The summed E-state index contributed by atoms with van der Waals surface area (Å²) in [5, 5.41) is 30.6. The monoisotopic (exact) mass is 769 g/mol. The molecular weight excluding hydrogens is 735 g/mol. The smallest absolute Gasteiger partial charge is 0.411 e. The third kappa shape index (κ3) is 9.83. The molecule has 0 fully saturated rings. The van der Waals surface area contributed by atoms with Crippen molar-refractivity contribution in [3.63, 3.8) is 0 Å². The first-order valence-corrected chi connectivity index (χ1v) is 16.8. The minimum Gasteiger partial charge on any atom is -1.00 e. The zero-order valence-electron chi connectivity index (χ0n) is 28.8. The van der Waals surface area contributed by atoms with Crippen molar-refractivity contribution in [1.82, 2.24) is 9.88 Å². The number of amides is 1. The van der Waals surface area contributed by atoms with Crippen molar-refractivity contribution in [2.75, 3.05) is 45.7 Å². The summed E-state index contributed by atoms with van der Waals surface area (Å²) in [5.74, 6) is -3.83. The van der Waals surface area contributed by atoms with Crippen LogP contribution in [0.15, 0.2) is 76.1 Å². The maximum Gasteiger partial charge on any atom is 0.411 e. The number of carbonyl (C=O) groups is 2. The number of halogens is 4. The fourth-order valence-corrected chi connectivity index (χ4v) is 6.53. The van der Waals surface area contributed by atoms with Gasteiger partial charge >= 0.3 is 12.1 Å². The molecule has 1 aliphatic heterocycles. The fraction of sp³-hybridized carbons (Fsp3) is 0.278. The Kier molecular flexibility index (Phi) is 13.4. The van der Waals surface area contributed by atoms with Crippen molar-refractivity contribution >= 4 is 41.8 Å². The number of ether oxygens (including phenoxy) is 2. The van der Waals surface area contributed by atoms with E-state index in [2.05, 4.69) is 21.5 Å². The van der Waals surface area contributed by atoms with Gasteiger partial charge in [0.1, 0.15) is 43.8 Å². The van der Waals surface area contributed by atoms with Gasteiger partial charge in [0, 0.05) is 28.0 Å². The van der Waals surface area contributed by atoms with Gasteiger partial charge in [0.15, 0.2) is 11.9 Å². The van der Waals surface area contributed by atoms with Crippen LogP contribution in [0, 0.1) is 28.8 Å². The van der Waals surface area contributed by atoms with Crippen molar-refractivity contribution in [2.24, 2.45) is 10.1 Å². The van der Waals surface area contributed by atoms with Gasteiger partial charge < -0.3 is 27.0 Å².